The Morgan fingerprint density at radius 2 is 1.70 bits per heavy atom. The molecule has 0 aliphatic carbocycles. The number of phenolic OH excluding ortho intramolecular Hbond substituents is 2. The van der Waals surface area contributed by atoms with Crippen LogP contribution in [0.15, 0.2) is 36.4 Å². The third-order valence-corrected chi connectivity index (χ3v) is 4.69. The molecular weight excluding hydrogens is 356 g/mol. The van der Waals surface area contributed by atoms with Crippen LogP contribution in [0, 0.1) is 0 Å². The minimum absolute atomic E-state index is 0.133. The highest BCUT2D eigenvalue weighted by atomic mass is 16.5. The number of hydrogen-bond donors (Lipinski definition) is 4. The van der Waals surface area contributed by atoms with Crippen molar-refractivity contribution in [2.75, 3.05) is 0 Å². The number of carboxylic acid groups (broad SMARTS) is 2. The molecule has 1 atom stereocenters. The molecule has 0 radical (unpaired) electrons. The lowest BCUT2D eigenvalue weighted by Gasteiger charge is -2.29. The molecule has 2 aromatic carbocycles. The Morgan fingerprint density at radius 1 is 1.11 bits per heavy atom. The summed E-state index contributed by atoms with van der Waals surface area (Å²) in [5.41, 5.74) is -3.06. The zero-order valence-electron chi connectivity index (χ0n) is 14.2. The molecule has 0 unspecified atom stereocenters. The summed E-state index contributed by atoms with van der Waals surface area (Å²) in [6.45, 7) is 0.819. The number of carbonyl (C=O) groups excluding carboxylic acids is 1. The zero-order chi connectivity index (χ0) is 19.9. The SMILES string of the molecule is CC(C(=O)O)(C(=O)O)c1c(O)cc2c(c1O)C(=O)C[C@@H](c1ccccc1)O2. The Bertz CT molecular complexity index is 934. The highest BCUT2D eigenvalue weighted by molar-refractivity contribution is 6.09. The van der Waals surface area contributed by atoms with Gasteiger partial charge >= 0.3 is 11.9 Å². The van der Waals surface area contributed by atoms with Crippen molar-refractivity contribution in [3.05, 3.63) is 53.1 Å². The van der Waals surface area contributed by atoms with Crippen molar-refractivity contribution in [2.24, 2.45) is 0 Å². The van der Waals surface area contributed by atoms with Crippen LogP contribution in [0.2, 0.25) is 0 Å². The molecule has 1 aliphatic rings. The molecule has 0 saturated heterocycles. The second-order valence-corrected chi connectivity index (χ2v) is 6.37. The molecule has 1 heterocycles. The summed E-state index contributed by atoms with van der Waals surface area (Å²) < 4.78 is 5.70. The van der Waals surface area contributed by atoms with Crippen molar-refractivity contribution in [1.82, 2.24) is 0 Å². The van der Waals surface area contributed by atoms with Gasteiger partial charge in [-0.3, -0.25) is 14.4 Å². The van der Waals surface area contributed by atoms with Crippen molar-refractivity contribution < 1.29 is 39.5 Å². The number of hydrogen-bond acceptors (Lipinski definition) is 6. The van der Waals surface area contributed by atoms with Gasteiger partial charge in [0.1, 0.15) is 28.9 Å². The molecule has 2 aromatic rings. The lowest BCUT2D eigenvalue weighted by molar-refractivity contribution is -0.156. The van der Waals surface area contributed by atoms with E-state index < -0.39 is 46.3 Å². The second-order valence-electron chi connectivity index (χ2n) is 6.37. The van der Waals surface area contributed by atoms with E-state index in [1.54, 1.807) is 30.3 Å². The van der Waals surface area contributed by atoms with E-state index in [9.17, 15) is 34.8 Å². The first kappa shape index (κ1) is 18.2. The van der Waals surface area contributed by atoms with Crippen molar-refractivity contribution in [3.63, 3.8) is 0 Å². The summed E-state index contributed by atoms with van der Waals surface area (Å²) in [6, 6.07) is 9.79. The third-order valence-electron chi connectivity index (χ3n) is 4.69. The van der Waals surface area contributed by atoms with E-state index in [1.165, 1.54) is 0 Å². The van der Waals surface area contributed by atoms with Crippen LogP contribution < -0.4 is 4.74 Å². The first-order valence-electron chi connectivity index (χ1n) is 7.99. The van der Waals surface area contributed by atoms with Gasteiger partial charge in [0, 0.05) is 6.07 Å². The predicted octanol–water partition coefficient (Wildman–Crippen LogP) is 2.23. The Balaban J connectivity index is 2.16. The number of rotatable bonds is 4. The average Bonchev–Trinajstić information content (AvgIpc) is 2.61. The third kappa shape index (κ3) is 2.75. The Hall–Kier alpha value is -3.55. The topological polar surface area (TPSA) is 141 Å². The van der Waals surface area contributed by atoms with Crippen molar-refractivity contribution in [2.45, 2.75) is 24.9 Å². The van der Waals surface area contributed by atoms with Gasteiger partial charge in [0.25, 0.3) is 0 Å². The molecule has 0 spiro atoms. The van der Waals surface area contributed by atoms with Crippen LogP contribution in [0.3, 0.4) is 0 Å². The predicted molar refractivity (Wildman–Crippen MR) is 91.2 cm³/mol. The number of phenols is 2. The smallest absolute Gasteiger partial charge is 0.325 e. The van der Waals surface area contributed by atoms with Gasteiger partial charge in [-0.25, -0.2) is 0 Å². The largest absolute Gasteiger partial charge is 0.507 e. The summed E-state index contributed by atoms with van der Waals surface area (Å²) in [7, 11) is 0. The molecule has 0 fully saturated rings. The van der Waals surface area contributed by atoms with E-state index >= 15 is 0 Å². The van der Waals surface area contributed by atoms with Crippen LogP contribution in [0.4, 0.5) is 0 Å². The number of carboxylic acids is 2. The summed E-state index contributed by atoms with van der Waals surface area (Å²) >= 11 is 0. The number of Topliss-reactive ketones (excluding diaryl/α,β-unsaturated/α-hetero) is 1. The maximum atomic E-state index is 12.6. The van der Waals surface area contributed by atoms with E-state index in [0.29, 0.717) is 5.56 Å². The zero-order valence-corrected chi connectivity index (χ0v) is 14.2. The van der Waals surface area contributed by atoms with E-state index in [2.05, 4.69) is 0 Å². The van der Waals surface area contributed by atoms with Crippen LogP contribution in [0.1, 0.15) is 40.9 Å². The number of ether oxygens (including phenoxy) is 1. The number of aliphatic carboxylic acids is 2. The van der Waals surface area contributed by atoms with Crippen LogP contribution in [-0.4, -0.2) is 38.1 Å². The van der Waals surface area contributed by atoms with E-state index in [-0.39, 0.29) is 17.7 Å². The Morgan fingerprint density at radius 3 is 2.26 bits per heavy atom. The Labute approximate surface area is 153 Å². The molecule has 4 N–H and O–H groups in total. The van der Waals surface area contributed by atoms with Crippen LogP contribution in [-0.2, 0) is 15.0 Å². The van der Waals surface area contributed by atoms with E-state index in [0.717, 1.165) is 13.0 Å². The van der Waals surface area contributed by atoms with Crippen LogP contribution in [0.25, 0.3) is 0 Å². The van der Waals surface area contributed by atoms with Gasteiger partial charge in [-0.1, -0.05) is 30.3 Å². The van der Waals surface area contributed by atoms with E-state index in [1.807, 2.05) is 0 Å². The number of carbonyl (C=O) groups is 3. The van der Waals surface area contributed by atoms with Gasteiger partial charge in [-0.2, -0.15) is 0 Å². The maximum absolute atomic E-state index is 12.6. The monoisotopic (exact) mass is 372 g/mol. The molecule has 8 nitrogen and oxygen atoms in total. The molecule has 0 aromatic heterocycles. The first-order chi connectivity index (χ1) is 12.7. The molecule has 3 rings (SSSR count). The minimum Gasteiger partial charge on any atom is -0.507 e. The van der Waals surface area contributed by atoms with Crippen molar-refractivity contribution in [3.8, 4) is 17.2 Å². The van der Waals surface area contributed by atoms with Crippen LogP contribution >= 0.6 is 0 Å². The molecule has 27 heavy (non-hydrogen) atoms. The molecule has 8 heteroatoms. The maximum Gasteiger partial charge on any atom is 0.325 e. The summed E-state index contributed by atoms with van der Waals surface area (Å²) in [5, 5.41) is 39.4. The molecular formula is C19H16O8. The fourth-order valence-corrected chi connectivity index (χ4v) is 3.11. The quantitative estimate of drug-likeness (QED) is 0.599. The van der Waals surface area contributed by atoms with Gasteiger partial charge in [0.2, 0.25) is 0 Å². The number of ketones is 1. The average molecular weight is 372 g/mol. The normalized spacial score (nSPS) is 16.3. The van der Waals surface area contributed by atoms with Gasteiger partial charge in [-0.15, -0.1) is 0 Å². The fourth-order valence-electron chi connectivity index (χ4n) is 3.11. The molecule has 0 bridgehead atoms. The second kappa shape index (κ2) is 6.31. The van der Waals surface area contributed by atoms with Gasteiger partial charge in [0.15, 0.2) is 11.2 Å². The molecule has 1 aliphatic heterocycles. The lowest BCUT2D eigenvalue weighted by atomic mass is 9.79. The lowest BCUT2D eigenvalue weighted by Crippen LogP contribution is -2.41. The minimum atomic E-state index is -2.65. The number of aromatic hydroxyl groups is 2. The summed E-state index contributed by atoms with van der Waals surface area (Å²) in [4.78, 5) is 35.7. The van der Waals surface area contributed by atoms with Crippen LogP contribution in [0.5, 0.6) is 17.2 Å². The molecule has 0 saturated carbocycles. The molecule has 140 valence electrons. The number of benzene rings is 2. The summed E-state index contributed by atoms with van der Waals surface area (Å²) in [5.74, 6) is -5.99. The van der Waals surface area contributed by atoms with Gasteiger partial charge < -0.3 is 25.2 Å². The highest BCUT2D eigenvalue weighted by Crippen LogP contribution is 2.48. The van der Waals surface area contributed by atoms with Gasteiger partial charge in [0.05, 0.1) is 12.0 Å². The summed E-state index contributed by atoms with van der Waals surface area (Å²) in [6.07, 6.45) is -0.785. The van der Waals surface area contributed by atoms with Crippen molar-refractivity contribution in [1.29, 1.82) is 0 Å². The van der Waals surface area contributed by atoms with E-state index in [4.69, 9.17) is 4.74 Å². The van der Waals surface area contributed by atoms with Crippen molar-refractivity contribution >= 4 is 17.7 Å². The Kier molecular flexibility index (Phi) is 4.27. The first-order valence-corrected chi connectivity index (χ1v) is 7.99. The highest BCUT2D eigenvalue weighted by Gasteiger charge is 2.49. The fraction of sp³-hybridized carbons (Fsp3) is 0.211. The number of fused-ring (bicyclic) bond motifs is 1. The standard InChI is InChI=1S/C19H16O8/c1-19(17(23)24,18(25)26)15-11(21)8-13-14(16(15)22)10(20)7-12(27-13)9-5-3-2-4-6-9/h2-6,8,12,21-22H,7H2,1H3,(H,23,24)(H,25,26)/t12-/m0/s1. The van der Waals surface area contributed by atoms with Gasteiger partial charge in [-0.05, 0) is 12.5 Å². The molecule has 0 amide bonds.